The first-order chi connectivity index (χ1) is 16.5. The molecule has 3 heterocycles. The number of alkyl halides is 2. The van der Waals surface area contributed by atoms with E-state index in [0.29, 0.717) is 33.9 Å². The number of carbonyl (C=O) groups is 1. The van der Waals surface area contributed by atoms with Gasteiger partial charge in [-0.2, -0.15) is 0 Å². The summed E-state index contributed by atoms with van der Waals surface area (Å²) in [5, 5.41) is 3.93. The van der Waals surface area contributed by atoms with E-state index < -0.39 is 24.7 Å². The average molecular weight is 472 g/mol. The Balaban J connectivity index is 1.31. The van der Waals surface area contributed by atoms with E-state index in [2.05, 4.69) is 36.2 Å². The summed E-state index contributed by atoms with van der Waals surface area (Å²) >= 11 is 0. The Labute approximate surface area is 192 Å². The van der Waals surface area contributed by atoms with Gasteiger partial charge < -0.3 is 15.7 Å². The zero-order valence-electron chi connectivity index (χ0n) is 18.1. The van der Waals surface area contributed by atoms with Crippen LogP contribution in [0, 0.1) is 5.82 Å². The molecule has 1 fully saturated rings. The second kappa shape index (κ2) is 9.29. The van der Waals surface area contributed by atoms with Crippen molar-refractivity contribution in [2.75, 3.05) is 6.54 Å². The fraction of sp³-hybridized carbons (Fsp3) is 0.364. The smallest absolute Gasteiger partial charge is 0.272 e. The lowest BCUT2D eigenvalue weighted by Gasteiger charge is -2.13. The van der Waals surface area contributed by atoms with Gasteiger partial charge in [0.2, 0.25) is 0 Å². The number of nitrogens with zero attached hydrogens (tertiary/aromatic N) is 4. The van der Waals surface area contributed by atoms with Crippen molar-refractivity contribution >= 4 is 22.8 Å². The van der Waals surface area contributed by atoms with Crippen molar-refractivity contribution in [2.45, 2.75) is 44.6 Å². The highest BCUT2D eigenvalue weighted by Gasteiger charge is 2.23. The number of imidazole rings is 1. The predicted molar refractivity (Wildman–Crippen MR) is 117 cm³/mol. The first kappa shape index (κ1) is 22.1. The minimum absolute atomic E-state index is 0.0418. The van der Waals surface area contributed by atoms with Gasteiger partial charge >= 0.3 is 0 Å². The Kier molecular flexibility index (Phi) is 6.05. The molecule has 1 aliphatic carbocycles. The highest BCUT2D eigenvalue weighted by molar-refractivity contribution is 6.02. The molecule has 0 saturated heterocycles. The SMILES string of the molecule is O=C(NCc1cc(F)cc(C2=CN(CC(F)F)NN2)c1)c1ncnc2nc(C3CCCC3)[nH]c12. The molecule has 3 aromatic rings. The van der Waals surface area contributed by atoms with E-state index >= 15 is 0 Å². The number of hydrogen-bond donors (Lipinski definition) is 4. The second-order valence-electron chi connectivity index (χ2n) is 8.38. The zero-order chi connectivity index (χ0) is 23.7. The third-order valence-electron chi connectivity index (χ3n) is 5.94. The lowest BCUT2D eigenvalue weighted by Crippen LogP contribution is -2.38. The number of rotatable bonds is 7. The van der Waals surface area contributed by atoms with Gasteiger partial charge in [-0.1, -0.05) is 12.8 Å². The maximum absolute atomic E-state index is 14.2. The van der Waals surface area contributed by atoms with Crippen LogP contribution in [-0.4, -0.2) is 43.8 Å². The first-order valence-corrected chi connectivity index (χ1v) is 11.0. The molecule has 12 heteroatoms. The largest absolute Gasteiger partial charge is 0.347 e. The van der Waals surface area contributed by atoms with Crippen molar-refractivity contribution in [1.82, 2.24) is 41.2 Å². The number of benzene rings is 1. The van der Waals surface area contributed by atoms with E-state index in [1.165, 1.54) is 29.7 Å². The Hall–Kier alpha value is -3.67. The predicted octanol–water partition coefficient (Wildman–Crippen LogP) is 2.97. The van der Waals surface area contributed by atoms with Gasteiger partial charge in [0.1, 0.15) is 23.5 Å². The Morgan fingerprint density at radius 1 is 1.21 bits per heavy atom. The number of fused-ring (bicyclic) bond motifs is 1. The van der Waals surface area contributed by atoms with Crippen molar-refractivity contribution in [3.8, 4) is 0 Å². The standard InChI is InChI=1S/C22H23F3N8O/c23-15-6-12(5-14(7-15)16-9-33(32-31-16)10-17(24)25)8-26-22(34)19-18-21(28-11-27-19)30-20(29-18)13-3-1-2-4-13/h5-7,9,11,13,17,31-32H,1-4,8,10H2,(H,26,34)(H,27,28,29,30). The number of carbonyl (C=O) groups excluding carboxylic acids is 1. The number of aromatic amines is 1. The van der Waals surface area contributed by atoms with Crippen molar-refractivity contribution in [1.29, 1.82) is 0 Å². The van der Waals surface area contributed by atoms with Crippen LogP contribution < -0.4 is 16.3 Å². The van der Waals surface area contributed by atoms with E-state index in [4.69, 9.17) is 0 Å². The number of amides is 1. The summed E-state index contributed by atoms with van der Waals surface area (Å²) in [6.07, 6.45) is 4.62. The number of hydrogen-bond acceptors (Lipinski definition) is 7. The Morgan fingerprint density at radius 2 is 2.03 bits per heavy atom. The molecule has 1 amide bonds. The summed E-state index contributed by atoms with van der Waals surface area (Å²) in [6.45, 7) is -0.474. The van der Waals surface area contributed by atoms with Crippen LogP contribution >= 0.6 is 0 Å². The molecule has 5 rings (SSSR count). The van der Waals surface area contributed by atoms with E-state index in [0.717, 1.165) is 31.5 Å². The highest BCUT2D eigenvalue weighted by Crippen LogP contribution is 2.33. The normalized spacial score (nSPS) is 16.4. The monoisotopic (exact) mass is 472 g/mol. The van der Waals surface area contributed by atoms with Crippen LogP contribution in [0.2, 0.25) is 0 Å². The van der Waals surface area contributed by atoms with E-state index in [9.17, 15) is 18.0 Å². The molecule has 34 heavy (non-hydrogen) atoms. The molecule has 0 unspecified atom stereocenters. The molecule has 2 aliphatic rings. The molecule has 1 aromatic carbocycles. The minimum atomic E-state index is -2.53. The van der Waals surface area contributed by atoms with E-state index in [1.807, 2.05) is 0 Å². The van der Waals surface area contributed by atoms with Crippen molar-refractivity contribution in [3.05, 3.63) is 59.2 Å². The van der Waals surface area contributed by atoms with E-state index in [1.54, 1.807) is 6.07 Å². The molecule has 0 radical (unpaired) electrons. The van der Waals surface area contributed by atoms with Crippen LogP contribution in [0.4, 0.5) is 13.2 Å². The average Bonchev–Trinajstić information content (AvgIpc) is 3.56. The van der Waals surface area contributed by atoms with Crippen molar-refractivity contribution in [2.24, 2.45) is 0 Å². The number of H-pyrrole nitrogens is 1. The topological polar surface area (TPSA) is 111 Å². The molecule has 2 aromatic heterocycles. The van der Waals surface area contributed by atoms with Gasteiger partial charge in [-0.25, -0.2) is 28.1 Å². The van der Waals surface area contributed by atoms with Gasteiger partial charge in [-0.15, -0.1) is 5.53 Å². The van der Waals surface area contributed by atoms with Crippen LogP contribution in [0.1, 0.15) is 59.0 Å². The molecular weight excluding hydrogens is 449 g/mol. The third kappa shape index (κ3) is 4.67. The lowest BCUT2D eigenvalue weighted by molar-refractivity contribution is 0.0890. The summed E-state index contributed by atoms with van der Waals surface area (Å²) in [7, 11) is 0. The summed E-state index contributed by atoms with van der Waals surface area (Å²) < 4.78 is 39.4. The fourth-order valence-electron chi connectivity index (χ4n) is 4.33. The molecule has 9 nitrogen and oxygen atoms in total. The van der Waals surface area contributed by atoms with Gasteiger partial charge in [0.25, 0.3) is 12.3 Å². The molecule has 0 bridgehead atoms. The summed E-state index contributed by atoms with van der Waals surface area (Å²) in [5.41, 5.74) is 7.80. The second-order valence-corrected chi connectivity index (χ2v) is 8.38. The van der Waals surface area contributed by atoms with E-state index in [-0.39, 0.29) is 12.2 Å². The van der Waals surface area contributed by atoms with Gasteiger partial charge in [0.05, 0.1) is 12.2 Å². The maximum atomic E-state index is 14.2. The molecule has 0 spiro atoms. The van der Waals surface area contributed by atoms with Crippen molar-refractivity contribution < 1.29 is 18.0 Å². The van der Waals surface area contributed by atoms with Crippen LogP contribution in [-0.2, 0) is 6.54 Å². The molecule has 4 N–H and O–H groups in total. The summed E-state index contributed by atoms with van der Waals surface area (Å²) in [4.78, 5) is 28.9. The van der Waals surface area contributed by atoms with Gasteiger partial charge in [-0.3, -0.25) is 9.80 Å². The third-order valence-corrected chi connectivity index (χ3v) is 5.94. The number of nitrogens with one attached hydrogen (secondary N) is 4. The van der Waals surface area contributed by atoms with Gasteiger partial charge in [0.15, 0.2) is 11.3 Å². The highest BCUT2D eigenvalue weighted by atomic mass is 19.3. The Morgan fingerprint density at radius 3 is 2.82 bits per heavy atom. The van der Waals surface area contributed by atoms with Gasteiger partial charge in [-0.05, 0) is 36.6 Å². The van der Waals surface area contributed by atoms with Crippen LogP contribution in [0.5, 0.6) is 0 Å². The number of halogens is 3. The molecule has 1 saturated carbocycles. The first-order valence-electron chi connectivity index (χ1n) is 11.0. The lowest BCUT2D eigenvalue weighted by atomic mass is 10.1. The Bertz CT molecular complexity index is 1240. The van der Waals surface area contributed by atoms with Gasteiger partial charge in [0, 0.05) is 24.2 Å². The summed E-state index contributed by atoms with van der Waals surface area (Å²) in [5.74, 6) is 0.197. The zero-order valence-corrected chi connectivity index (χ0v) is 18.1. The molecule has 1 aliphatic heterocycles. The molecule has 0 atom stereocenters. The quantitative estimate of drug-likeness (QED) is 0.418. The molecule has 178 valence electrons. The van der Waals surface area contributed by atoms with Crippen LogP contribution in [0.15, 0.2) is 30.7 Å². The molecular formula is C22H23F3N8O. The van der Waals surface area contributed by atoms with Crippen LogP contribution in [0.25, 0.3) is 16.9 Å². The van der Waals surface area contributed by atoms with Crippen molar-refractivity contribution in [3.63, 3.8) is 0 Å². The summed E-state index contributed by atoms with van der Waals surface area (Å²) in [6, 6.07) is 4.24. The minimum Gasteiger partial charge on any atom is -0.347 e. The fourth-order valence-corrected chi connectivity index (χ4v) is 4.33. The maximum Gasteiger partial charge on any atom is 0.272 e. The number of aromatic nitrogens is 4. The van der Waals surface area contributed by atoms with Crippen LogP contribution in [0.3, 0.4) is 0 Å². The number of hydrazine groups is 2.